The van der Waals surface area contributed by atoms with Crippen LogP contribution in [0.3, 0.4) is 0 Å². The van der Waals surface area contributed by atoms with E-state index in [1.807, 2.05) is 18.2 Å². The van der Waals surface area contributed by atoms with Gasteiger partial charge in [-0.05, 0) is 50.0 Å². The number of nitrogens with one attached hydrogen (secondary N) is 2. The number of anilines is 1. The lowest BCUT2D eigenvalue weighted by atomic mass is 9.84. The maximum absolute atomic E-state index is 12.6. The number of nitrogens with zero attached hydrogens (tertiary/aromatic N) is 1. The Balaban J connectivity index is 1.56. The van der Waals surface area contributed by atoms with E-state index in [1.54, 1.807) is 6.20 Å². The van der Waals surface area contributed by atoms with Gasteiger partial charge in [-0.2, -0.15) is 0 Å². The maximum Gasteiger partial charge on any atom is 0.253 e. The molecule has 3 aliphatic rings. The number of hydrogen-bond donors (Lipinski definition) is 3. The van der Waals surface area contributed by atoms with Crippen LogP contribution in [-0.4, -0.2) is 41.5 Å². The molecule has 4 heterocycles. The number of nitrogen functional groups attached to an aromatic ring is 1. The zero-order valence-electron chi connectivity index (χ0n) is 11.9. The molecule has 5 heteroatoms. The number of hydrogen-bond acceptors (Lipinski definition) is 3. The van der Waals surface area contributed by atoms with Crippen LogP contribution in [0.4, 0.5) is 5.69 Å². The Hall–Kier alpha value is -2.01. The lowest BCUT2D eigenvalue weighted by Gasteiger charge is -2.44. The summed E-state index contributed by atoms with van der Waals surface area (Å²) in [5.74, 6) is 0.657. The monoisotopic (exact) mass is 284 g/mol. The average Bonchev–Trinajstić information content (AvgIpc) is 2.91. The molecule has 1 unspecified atom stereocenters. The topological polar surface area (TPSA) is 74.2 Å². The number of benzene rings is 1. The van der Waals surface area contributed by atoms with Gasteiger partial charge in [0.25, 0.3) is 5.91 Å². The van der Waals surface area contributed by atoms with Crippen LogP contribution in [0.5, 0.6) is 0 Å². The predicted molar refractivity (Wildman–Crippen MR) is 83.1 cm³/mol. The second-order valence-corrected chi connectivity index (χ2v) is 6.23. The molecule has 0 saturated carbocycles. The second kappa shape index (κ2) is 4.77. The highest BCUT2D eigenvalue weighted by Crippen LogP contribution is 2.28. The summed E-state index contributed by atoms with van der Waals surface area (Å²) in [5.41, 5.74) is 8.10. The van der Waals surface area contributed by atoms with Crippen molar-refractivity contribution < 1.29 is 4.79 Å². The Morgan fingerprint density at radius 3 is 2.86 bits per heavy atom. The SMILES string of the molecule is Nc1ccc2c(C(=O)NC3CN4CCC3CC4)c[nH]c2c1. The maximum atomic E-state index is 12.6. The lowest BCUT2D eigenvalue weighted by Crippen LogP contribution is -2.57. The second-order valence-electron chi connectivity index (χ2n) is 6.23. The third-order valence-corrected chi connectivity index (χ3v) is 4.92. The van der Waals surface area contributed by atoms with Crippen molar-refractivity contribution in [1.82, 2.24) is 15.2 Å². The normalized spacial score (nSPS) is 27.9. The van der Waals surface area contributed by atoms with Gasteiger partial charge in [-0.25, -0.2) is 0 Å². The van der Waals surface area contributed by atoms with Gasteiger partial charge in [0.15, 0.2) is 0 Å². The molecule has 1 amide bonds. The van der Waals surface area contributed by atoms with E-state index >= 15 is 0 Å². The van der Waals surface area contributed by atoms with Crippen molar-refractivity contribution >= 4 is 22.5 Å². The lowest BCUT2D eigenvalue weighted by molar-refractivity contribution is 0.0621. The molecule has 2 bridgehead atoms. The molecule has 1 aromatic carbocycles. The quantitative estimate of drug-likeness (QED) is 0.733. The highest BCUT2D eigenvalue weighted by atomic mass is 16.1. The van der Waals surface area contributed by atoms with E-state index in [-0.39, 0.29) is 5.91 Å². The Morgan fingerprint density at radius 1 is 1.33 bits per heavy atom. The van der Waals surface area contributed by atoms with Crippen molar-refractivity contribution in [2.75, 3.05) is 25.4 Å². The first kappa shape index (κ1) is 12.7. The van der Waals surface area contributed by atoms with Crippen molar-refractivity contribution in [3.8, 4) is 0 Å². The number of H-pyrrole nitrogens is 1. The fraction of sp³-hybridized carbons (Fsp3) is 0.438. The van der Waals surface area contributed by atoms with Crippen LogP contribution >= 0.6 is 0 Å². The van der Waals surface area contributed by atoms with Crippen molar-refractivity contribution in [3.63, 3.8) is 0 Å². The van der Waals surface area contributed by atoms with E-state index in [1.165, 1.54) is 25.9 Å². The summed E-state index contributed by atoms with van der Waals surface area (Å²) in [4.78, 5) is 18.1. The van der Waals surface area contributed by atoms with Gasteiger partial charge in [-0.1, -0.05) is 0 Å². The molecule has 1 aromatic heterocycles. The molecule has 0 spiro atoms. The zero-order valence-corrected chi connectivity index (χ0v) is 11.9. The first-order valence-corrected chi connectivity index (χ1v) is 7.60. The van der Waals surface area contributed by atoms with Crippen LogP contribution in [0.1, 0.15) is 23.2 Å². The molecule has 21 heavy (non-hydrogen) atoms. The molecular formula is C16H20N4O. The van der Waals surface area contributed by atoms with Crippen LogP contribution in [0.2, 0.25) is 0 Å². The molecule has 3 aliphatic heterocycles. The summed E-state index contributed by atoms with van der Waals surface area (Å²) < 4.78 is 0. The van der Waals surface area contributed by atoms with Crippen LogP contribution < -0.4 is 11.1 Å². The Kier molecular flexibility index (Phi) is 2.89. The van der Waals surface area contributed by atoms with Crippen molar-refractivity contribution in [3.05, 3.63) is 30.0 Å². The van der Waals surface area contributed by atoms with E-state index in [9.17, 15) is 4.79 Å². The summed E-state index contributed by atoms with van der Waals surface area (Å²) >= 11 is 0. The molecule has 5 nitrogen and oxygen atoms in total. The first-order valence-electron chi connectivity index (χ1n) is 7.60. The summed E-state index contributed by atoms with van der Waals surface area (Å²) in [6.07, 6.45) is 4.19. The summed E-state index contributed by atoms with van der Waals surface area (Å²) in [6, 6.07) is 5.90. The van der Waals surface area contributed by atoms with E-state index in [0.717, 1.165) is 17.4 Å². The predicted octanol–water partition coefficient (Wildman–Crippen LogP) is 1.57. The van der Waals surface area contributed by atoms with Gasteiger partial charge in [0.1, 0.15) is 0 Å². The first-order chi connectivity index (χ1) is 10.2. The number of aromatic amines is 1. The Labute approximate surface area is 123 Å². The molecule has 3 saturated heterocycles. The van der Waals surface area contributed by atoms with E-state index < -0.39 is 0 Å². The van der Waals surface area contributed by atoms with Gasteiger partial charge in [0.05, 0.1) is 5.56 Å². The van der Waals surface area contributed by atoms with Crippen molar-refractivity contribution in [2.24, 2.45) is 5.92 Å². The number of carbonyl (C=O) groups is 1. The van der Waals surface area contributed by atoms with Gasteiger partial charge >= 0.3 is 0 Å². The molecule has 0 radical (unpaired) electrons. The Bertz CT molecular complexity index is 685. The smallest absolute Gasteiger partial charge is 0.253 e. The van der Waals surface area contributed by atoms with Crippen molar-refractivity contribution in [2.45, 2.75) is 18.9 Å². The molecular weight excluding hydrogens is 264 g/mol. The number of rotatable bonds is 2. The minimum absolute atomic E-state index is 0.0183. The third kappa shape index (κ3) is 2.17. The average molecular weight is 284 g/mol. The highest BCUT2D eigenvalue weighted by molar-refractivity contribution is 6.07. The number of piperidine rings is 3. The molecule has 5 rings (SSSR count). The molecule has 110 valence electrons. The fourth-order valence-corrected chi connectivity index (χ4v) is 3.71. The summed E-state index contributed by atoms with van der Waals surface area (Å²) in [5, 5.41) is 4.16. The molecule has 2 aromatic rings. The van der Waals surface area contributed by atoms with Gasteiger partial charge in [-0.15, -0.1) is 0 Å². The minimum Gasteiger partial charge on any atom is -0.399 e. The van der Waals surface area contributed by atoms with Crippen molar-refractivity contribution in [1.29, 1.82) is 0 Å². The van der Waals surface area contributed by atoms with E-state index in [2.05, 4.69) is 15.2 Å². The number of carbonyl (C=O) groups excluding carboxylic acids is 1. The molecule has 4 N–H and O–H groups in total. The van der Waals surface area contributed by atoms with Crippen LogP contribution in [0.15, 0.2) is 24.4 Å². The fourth-order valence-electron chi connectivity index (χ4n) is 3.71. The summed E-state index contributed by atoms with van der Waals surface area (Å²) in [6.45, 7) is 3.36. The largest absolute Gasteiger partial charge is 0.399 e. The van der Waals surface area contributed by atoms with Crippen LogP contribution in [0.25, 0.3) is 10.9 Å². The van der Waals surface area contributed by atoms with Gasteiger partial charge in [-0.3, -0.25) is 4.79 Å². The zero-order chi connectivity index (χ0) is 14.4. The van der Waals surface area contributed by atoms with Gasteiger partial charge < -0.3 is 20.9 Å². The molecule has 0 aliphatic carbocycles. The van der Waals surface area contributed by atoms with Gasteiger partial charge in [0, 0.05) is 35.4 Å². The van der Waals surface area contributed by atoms with E-state index in [0.29, 0.717) is 23.2 Å². The van der Waals surface area contributed by atoms with E-state index in [4.69, 9.17) is 5.73 Å². The number of amides is 1. The molecule has 1 atom stereocenters. The minimum atomic E-state index is 0.0183. The molecule has 3 fully saturated rings. The Morgan fingerprint density at radius 2 is 2.14 bits per heavy atom. The van der Waals surface area contributed by atoms with Crippen LogP contribution in [0, 0.1) is 5.92 Å². The van der Waals surface area contributed by atoms with Gasteiger partial charge in [0.2, 0.25) is 0 Å². The van der Waals surface area contributed by atoms with Crippen LogP contribution in [-0.2, 0) is 0 Å². The summed E-state index contributed by atoms with van der Waals surface area (Å²) in [7, 11) is 0. The number of fused-ring (bicyclic) bond motifs is 4. The number of nitrogens with two attached hydrogens (primary N) is 1. The highest BCUT2D eigenvalue weighted by Gasteiger charge is 2.35. The standard InChI is InChI=1S/C16H20N4O/c17-11-1-2-12-13(8-18-14(12)7-11)16(21)19-15-9-20-5-3-10(15)4-6-20/h1-2,7-8,10,15,18H,3-6,9,17H2,(H,19,21). The third-order valence-electron chi connectivity index (χ3n) is 4.92. The number of aromatic nitrogens is 1.